The van der Waals surface area contributed by atoms with E-state index in [-0.39, 0.29) is 0 Å². The van der Waals surface area contributed by atoms with Gasteiger partial charge in [-0.15, -0.1) is 0 Å². The Balaban J connectivity index is 2.11. The van der Waals surface area contributed by atoms with E-state index < -0.39 is 13.3 Å². The van der Waals surface area contributed by atoms with Crippen molar-refractivity contribution in [3.63, 3.8) is 0 Å². The molecule has 0 fully saturated rings. The van der Waals surface area contributed by atoms with Gasteiger partial charge in [0.2, 0.25) is 0 Å². The van der Waals surface area contributed by atoms with Gasteiger partial charge in [-0.25, -0.2) is 0 Å². The van der Waals surface area contributed by atoms with Crippen LogP contribution in [0.15, 0.2) is 126 Å². The maximum atomic E-state index is 9.15. The zero-order chi connectivity index (χ0) is 20.1. The van der Waals surface area contributed by atoms with Gasteiger partial charge in [-0.3, -0.25) is 0 Å². The summed E-state index contributed by atoms with van der Waals surface area (Å²) in [6.07, 6.45) is 0. The van der Waals surface area contributed by atoms with Crippen molar-refractivity contribution in [3.05, 3.63) is 131 Å². The quantitative estimate of drug-likeness (QED) is 0.406. The van der Waals surface area contributed by atoms with Gasteiger partial charge in [0.25, 0.3) is 0 Å². The van der Waals surface area contributed by atoms with E-state index >= 15 is 0 Å². The third kappa shape index (κ3) is 3.48. The van der Waals surface area contributed by atoms with Crippen LogP contribution in [0.1, 0.15) is 13.9 Å². The predicted molar refractivity (Wildman–Crippen MR) is 124 cm³/mol. The van der Waals surface area contributed by atoms with E-state index in [0.29, 0.717) is 6.05 Å². The van der Waals surface area contributed by atoms with Gasteiger partial charge in [0.15, 0.2) is 0 Å². The molecule has 28 heavy (non-hydrogen) atoms. The molecule has 0 unspecified atom stereocenters. The Kier molecular flexibility index (Phi) is 5.21. The second kappa shape index (κ2) is 8.45. The van der Waals surface area contributed by atoms with Crippen molar-refractivity contribution in [2.45, 2.75) is 6.92 Å². The number of hydrogen-bond acceptors (Lipinski definition) is 0. The van der Waals surface area contributed by atoms with Crippen molar-refractivity contribution in [1.29, 1.82) is 0 Å². The molecular weight excluding hydrogens is 397 g/mol. The van der Waals surface area contributed by atoms with E-state index in [1.165, 1.54) is 17.6 Å². The molecule has 4 aromatic rings. The molecule has 0 aromatic heterocycles. The van der Waals surface area contributed by atoms with Gasteiger partial charge in [0.05, 0.1) is 0 Å². The van der Waals surface area contributed by atoms with E-state index in [4.69, 9.17) is 1.37 Å². The Hall–Kier alpha value is -2.84. The SMILES string of the molecule is [2H]/C(=[C](/C)[Ge]([c]1ccccc1)([c]1ccccc1)[c]1ccccc1)c1ccccc1. The van der Waals surface area contributed by atoms with Crippen LogP contribution in [-0.4, -0.2) is 13.3 Å². The zero-order valence-corrected chi connectivity index (χ0v) is 18.1. The molecule has 136 valence electrons. The average molecular weight is 422 g/mol. The third-order valence-electron chi connectivity index (χ3n) is 5.29. The Morgan fingerprint density at radius 2 is 0.893 bits per heavy atom. The van der Waals surface area contributed by atoms with Crippen LogP contribution in [0.25, 0.3) is 6.05 Å². The second-order valence-electron chi connectivity index (χ2n) is 6.96. The molecule has 0 saturated carbocycles. The molecule has 0 aliphatic heterocycles. The first kappa shape index (κ1) is 17.3. The molecule has 0 amide bonds. The van der Waals surface area contributed by atoms with Gasteiger partial charge in [0.1, 0.15) is 0 Å². The summed E-state index contributed by atoms with van der Waals surface area (Å²) in [7, 11) is 0. The molecule has 0 aliphatic carbocycles. The van der Waals surface area contributed by atoms with Crippen molar-refractivity contribution in [2.24, 2.45) is 0 Å². The van der Waals surface area contributed by atoms with Crippen molar-refractivity contribution >= 4 is 32.5 Å². The first-order chi connectivity index (χ1) is 14.2. The monoisotopic (exact) mass is 423 g/mol. The molecule has 4 rings (SSSR count). The van der Waals surface area contributed by atoms with Crippen molar-refractivity contribution in [2.75, 3.05) is 0 Å². The summed E-state index contributed by atoms with van der Waals surface area (Å²) in [5.74, 6) is 0. The van der Waals surface area contributed by atoms with Crippen molar-refractivity contribution in [1.82, 2.24) is 0 Å². The number of benzene rings is 4. The molecular formula is C27H24Ge. The fraction of sp³-hybridized carbons (Fsp3) is 0.0370. The summed E-state index contributed by atoms with van der Waals surface area (Å²) in [6, 6.07) is 43.2. The second-order valence-corrected chi connectivity index (χ2v) is 15.3. The van der Waals surface area contributed by atoms with E-state index in [1.54, 1.807) is 0 Å². The van der Waals surface area contributed by atoms with Crippen LogP contribution in [0.5, 0.6) is 0 Å². The van der Waals surface area contributed by atoms with Gasteiger partial charge < -0.3 is 0 Å². The molecule has 1 heteroatoms. The summed E-state index contributed by atoms with van der Waals surface area (Å²) in [4.78, 5) is 0. The number of hydrogen-bond donors (Lipinski definition) is 0. The van der Waals surface area contributed by atoms with Crippen molar-refractivity contribution < 1.29 is 1.37 Å². The molecule has 4 aromatic carbocycles. The van der Waals surface area contributed by atoms with E-state index in [1.807, 2.05) is 30.3 Å². The van der Waals surface area contributed by atoms with Crippen LogP contribution in [0, 0.1) is 0 Å². The third-order valence-corrected chi connectivity index (χ3v) is 15.5. The van der Waals surface area contributed by atoms with Crippen LogP contribution in [-0.2, 0) is 0 Å². The van der Waals surface area contributed by atoms with Gasteiger partial charge >= 0.3 is 172 Å². The molecule has 0 nitrogen and oxygen atoms in total. The van der Waals surface area contributed by atoms with Crippen molar-refractivity contribution in [3.8, 4) is 0 Å². The van der Waals surface area contributed by atoms with E-state index in [0.717, 1.165) is 5.56 Å². The summed E-state index contributed by atoms with van der Waals surface area (Å²) in [5, 5.41) is 0. The molecule has 0 N–H and O–H groups in total. The Labute approximate surface area is 172 Å². The first-order valence-corrected chi connectivity index (χ1v) is 13.8. The number of allylic oxidation sites excluding steroid dienone is 1. The van der Waals surface area contributed by atoms with Crippen LogP contribution >= 0.6 is 0 Å². The molecule has 0 atom stereocenters. The van der Waals surface area contributed by atoms with Gasteiger partial charge in [-0.05, 0) is 0 Å². The first-order valence-electron chi connectivity index (χ1n) is 10.1. The Morgan fingerprint density at radius 1 is 0.571 bits per heavy atom. The molecule has 0 bridgehead atoms. The summed E-state index contributed by atoms with van der Waals surface area (Å²) in [6.45, 7) is 2.18. The predicted octanol–water partition coefficient (Wildman–Crippen LogP) is 4.80. The maximum absolute atomic E-state index is 9.15. The number of rotatable bonds is 5. The Bertz CT molecular complexity index is 992. The van der Waals surface area contributed by atoms with Gasteiger partial charge in [-0.1, -0.05) is 0 Å². The summed E-state index contributed by atoms with van der Waals surface area (Å²) in [5.41, 5.74) is 0.975. The fourth-order valence-electron chi connectivity index (χ4n) is 4.05. The van der Waals surface area contributed by atoms with E-state index in [2.05, 4.69) is 97.9 Å². The van der Waals surface area contributed by atoms with Gasteiger partial charge in [0, 0.05) is 0 Å². The molecule has 0 aliphatic rings. The summed E-state index contributed by atoms with van der Waals surface area (Å²) < 4.78 is 14.4. The fourth-order valence-corrected chi connectivity index (χ4v) is 13.9. The molecule has 0 spiro atoms. The van der Waals surface area contributed by atoms with Crippen LogP contribution in [0.4, 0.5) is 0 Å². The Morgan fingerprint density at radius 3 is 1.25 bits per heavy atom. The summed E-state index contributed by atoms with van der Waals surface area (Å²) >= 11 is -3.29. The normalized spacial score (nSPS) is 12.8. The molecule has 0 saturated heterocycles. The standard InChI is InChI=1S/C27H24Ge/c1-23(22-24-14-6-2-7-15-24)28(25-16-8-3-9-17-25,26-18-10-4-11-19-26)27-20-12-5-13-21-27/h2-22H,1H3/b23-22+/i22D. The minimum atomic E-state index is -3.29. The zero-order valence-electron chi connectivity index (χ0n) is 17.0. The molecule has 0 heterocycles. The molecule has 0 radical (unpaired) electrons. The van der Waals surface area contributed by atoms with Crippen LogP contribution in [0.3, 0.4) is 0 Å². The van der Waals surface area contributed by atoms with E-state index in [9.17, 15) is 0 Å². The topological polar surface area (TPSA) is 0 Å². The van der Waals surface area contributed by atoms with Gasteiger partial charge in [-0.2, -0.15) is 0 Å². The van der Waals surface area contributed by atoms with Crippen LogP contribution < -0.4 is 13.2 Å². The average Bonchev–Trinajstić information content (AvgIpc) is 2.82. The minimum absolute atomic E-state index is 0.641. The van der Waals surface area contributed by atoms with Crippen LogP contribution in [0.2, 0.25) is 0 Å².